The van der Waals surface area contributed by atoms with Crippen LogP contribution in [0.5, 0.6) is 0 Å². The van der Waals surface area contributed by atoms with E-state index in [1.165, 1.54) is 0 Å². The highest BCUT2D eigenvalue weighted by Crippen LogP contribution is 2.29. The molecule has 3 heterocycles. The molecule has 0 aliphatic carbocycles. The van der Waals surface area contributed by atoms with E-state index in [0.717, 1.165) is 35.5 Å². The lowest BCUT2D eigenvalue weighted by Gasteiger charge is -2.31. The minimum absolute atomic E-state index is 0.223. The van der Waals surface area contributed by atoms with E-state index in [9.17, 15) is 4.79 Å². The number of hydrogen-bond acceptors (Lipinski definition) is 4. The van der Waals surface area contributed by atoms with E-state index in [2.05, 4.69) is 15.0 Å². The number of pyridine rings is 1. The summed E-state index contributed by atoms with van der Waals surface area (Å²) < 4.78 is 1.86. The highest BCUT2D eigenvalue weighted by molar-refractivity contribution is 5.91. The van der Waals surface area contributed by atoms with Gasteiger partial charge in [-0.1, -0.05) is 0 Å². The van der Waals surface area contributed by atoms with Gasteiger partial charge in [-0.2, -0.15) is 5.10 Å². The molecule has 6 heteroatoms. The standard InChI is InChI=1S/C14H18N4O2/c1-9-11-3-6-15-13(12(11)17(2)16-9)18-7-4-10(5-8-18)14(19)20/h3,6,10H,4-5,7-8H2,1-2H3,(H,19,20). The second-order valence-corrected chi connectivity index (χ2v) is 5.34. The number of rotatable bonds is 2. The first-order chi connectivity index (χ1) is 9.58. The van der Waals surface area contributed by atoms with Gasteiger partial charge in [0, 0.05) is 31.7 Å². The van der Waals surface area contributed by atoms with Crippen LogP contribution in [-0.4, -0.2) is 38.9 Å². The molecule has 20 heavy (non-hydrogen) atoms. The molecular formula is C14H18N4O2. The van der Waals surface area contributed by atoms with Gasteiger partial charge in [0.05, 0.1) is 11.6 Å². The minimum Gasteiger partial charge on any atom is -0.481 e. The second-order valence-electron chi connectivity index (χ2n) is 5.34. The molecule has 2 aromatic rings. The summed E-state index contributed by atoms with van der Waals surface area (Å²) >= 11 is 0. The number of hydrogen-bond donors (Lipinski definition) is 1. The number of fused-ring (bicyclic) bond motifs is 1. The first-order valence-corrected chi connectivity index (χ1v) is 6.84. The molecule has 106 valence electrons. The third kappa shape index (κ3) is 2.01. The summed E-state index contributed by atoms with van der Waals surface area (Å²) in [5, 5.41) is 14.6. The number of nitrogens with zero attached hydrogens (tertiary/aromatic N) is 4. The van der Waals surface area contributed by atoms with Crippen molar-refractivity contribution in [2.24, 2.45) is 13.0 Å². The molecule has 6 nitrogen and oxygen atoms in total. The van der Waals surface area contributed by atoms with Gasteiger partial charge in [-0.05, 0) is 25.8 Å². The van der Waals surface area contributed by atoms with Crippen LogP contribution in [0.2, 0.25) is 0 Å². The Balaban J connectivity index is 1.94. The molecule has 0 saturated carbocycles. The number of carboxylic acid groups (broad SMARTS) is 1. The molecule has 1 N–H and O–H groups in total. The second kappa shape index (κ2) is 4.77. The fraction of sp³-hybridized carbons (Fsp3) is 0.500. The largest absolute Gasteiger partial charge is 0.481 e. The first-order valence-electron chi connectivity index (χ1n) is 6.84. The summed E-state index contributed by atoms with van der Waals surface area (Å²) in [5.74, 6) is 0.000334. The van der Waals surface area contributed by atoms with E-state index >= 15 is 0 Å². The molecule has 0 bridgehead atoms. The van der Waals surface area contributed by atoms with Gasteiger partial charge in [0.2, 0.25) is 0 Å². The zero-order valence-electron chi connectivity index (χ0n) is 11.7. The van der Waals surface area contributed by atoms with Crippen molar-refractivity contribution in [2.45, 2.75) is 19.8 Å². The van der Waals surface area contributed by atoms with Gasteiger partial charge in [-0.25, -0.2) is 4.98 Å². The highest BCUT2D eigenvalue weighted by Gasteiger charge is 2.26. The Labute approximate surface area is 117 Å². The van der Waals surface area contributed by atoms with Crippen LogP contribution in [0, 0.1) is 12.8 Å². The summed E-state index contributed by atoms with van der Waals surface area (Å²) in [7, 11) is 1.92. The number of aryl methyl sites for hydroxylation is 2. The Morgan fingerprint density at radius 3 is 2.75 bits per heavy atom. The third-order valence-electron chi connectivity index (χ3n) is 4.06. The van der Waals surface area contributed by atoms with Crippen molar-refractivity contribution < 1.29 is 9.90 Å². The van der Waals surface area contributed by atoms with Crippen molar-refractivity contribution in [1.82, 2.24) is 14.8 Å². The maximum atomic E-state index is 11.0. The molecule has 0 unspecified atom stereocenters. The minimum atomic E-state index is -0.688. The van der Waals surface area contributed by atoms with Gasteiger partial charge in [-0.15, -0.1) is 0 Å². The normalized spacial score (nSPS) is 16.8. The van der Waals surface area contributed by atoms with Crippen LogP contribution in [0.1, 0.15) is 18.5 Å². The average Bonchev–Trinajstić information content (AvgIpc) is 2.74. The summed E-state index contributed by atoms with van der Waals surface area (Å²) in [6.45, 7) is 3.45. The Bertz CT molecular complexity index is 656. The molecule has 2 aromatic heterocycles. The van der Waals surface area contributed by atoms with E-state index in [4.69, 9.17) is 5.11 Å². The van der Waals surface area contributed by atoms with Crippen LogP contribution >= 0.6 is 0 Å². The molecule has 1 aliphatic rings. The molecule has 3 rings (SSSR count). The van der Waals surface area contributed by atoms with Crippen LogP contribution in [0.25, 0.3) is 10.9 Å². The van der Waals surface area contributed by atoms with Crippen molar-refractivity contribution in [3.05, 3.63) is 18.0 Å². The van der Waals surface area contributed by atoms with Crippen LogP contribution < -0.4 is 4.90 Å². The molecule has 0 radical (unpaired) electrons. The van der Waals surface area contributed by atoms with Crippen LogP contribution in [0.3, 0.4) is 0 Å². The van der Waals surface area contributed by atoms with Crippen LogP contribution in [-0.2, 0) is 11.8 Å². The van der Waals surface area contributed by atoms with Gasteiger partial charge in [0.25, 0.3) is 0 Å². The summed E-state index contributed by atoms with van der Waals surface area (Å²) in [5.41, 5.74) is 2.02. The van der Waals surface area contributed by atoms with Gasteiger partial charge < -0.3 is 10.0 Å². The van der Waals surface area contributed by atoms with Gasteiger partial charge in [0.1, 0.15) is 5.52 Å². The quantitative estimate of drug-likeness (QED) is 0.900. The number of piperidine rings is 1. The molecule has 0 atom stereocenters. The Morgan fingerprint density at radius 1 is 1.40 bits per heavy atom. The Hall–Kier alpha value is -2.11. The lowest BCUT2D eigenvalue weighted by atomic mass is 9.97. The molecule has 0 aromatic carbocycles. The molecule has 1 aliphatic heterocycles. The van der Waals surface area contributed by atoms with Gasteiger partial charge >= 0.3 is 5.97 Å². The number of anilines is 1. The first kappa shape index (κ1) is 12.9. The highest BCUT2D eigenvalue weighted by atomic mass is 16.4. The zero-order chi connectivity index (χ0) is 14.3. The van der Waals surface area contributed by atoms with E-state index in [1.54, 1.807) is 6.20 Å². The van der Waals surface area contributed by atoms with Crippen molar-refractivity contribution in [3.8, 4) is 0 Å². The van der Waals surface area contributed by atoms with Crippen molar-refractivity contribution in [3.63, 3.8) is 0 Å². The monoisotopic (exact) mass is 274 g/mol. The molecular weight excluding hydrogens is 256 g/mol. The number of carboxylic acids is 1. The van der Waals surface area contributed by atoms with Crippen LogP contribution in [0.4, 0.5) is 5.82 Å². The zero-order valence-corrected chi connectivity index (χ0v) is 11.7. The fourth-order valence-corrected chi connectivity index (χ4v) is 2.95. The topological polar surface area (TPSA) is 71.2 Å². The van der Waals surface area contributed by atoms with E-state index < -0.39 is 5.97 Å². The predicted molar refractivity (Wildman–Crippen MR) is 75.8 cm³/mol. The lowest BCUT2D eigenvalue weighted by molar-refractivity contribution is -0.142. The smallest absolute Gasteiger partial charge is 0.306 e. The third-order valence-corrected chi connectivity index (χ3v) is 4.06. The summed E-state index contributed by atoms with van der Waals surface area (Å²) in [4.78, 5) is 17.7. The Morgan fingerprint density at radius 2 is 2.10 bits per heavy atom. The maximum absolute atomic E-state index is 11.0. The molecule has 1 saturated heterocycles. The van der Waals surface area contributed by atoms with Gasteiger partial charge in [-0.3, -0.25) is 9.48 Å². The van der Waals surface area contributed by atoms with Crippen molar-refractivity contribution >= 4 is 22.7 Å². The van der Waals surface area contributed by atoms with E-state index in [1.807, 2.05) is 24.7 Å². The van der Waals surface area contributed by atoms with Crippen LogP contribution in [0.15, 0.2) is 12.3 Å². The number of carbonyl (C=O) groups is 1. The summed E-state index contributed by atoms with van der Waals surface area (Å²) in [6.07, 6.45) is 3.14. The fourth-order valence-electron chi connectivity index (χ4n) is 2.95. The maximum Gasteiger partial charge on any atom is 0.306 e. The van der Waals surface area contributed by atoms with Gasteiger partial charge in [0.15, 0.2) is 5.82 Å². The molecule has 0 spiro atoms. The van der Waals surface area contributed by atoms with Crippen molar-refractivity contribution in [1.29, 1.82) is 0 Å². The van der Waals surface area contributed by atoms with E-state index in [-0.39, 0.29) is 5.92 Å². The predicted octanol–water partition coefficient (Wildman–Crippen LogP) is 1.58. The summed E-state index contributed by atoms with van der Waals surface area (Å²) in [6, 6.07) is 1.98. The lowest BCUT2D eigenvalue weighted by Crippen LogP contribution is -2.37. The molecule has 1 fully saturated rings. The number of aliphatic carboxylic acids is 1. The molecule has 0 amide bonds. The Kier molecular flexibility index (Phi) is 3.08. The average molecular weight is 274 g/mol. The number of aromatic nitrogens is 3. The van der Waals surface area contributed by atoms with E-state index in [0.29, 0.717) is 12.8 Å². The SMILES string of the molecule is Cc1nn(C)c2c(N3CCC(C(=O)O)CC3)nccc12. The van der Waals surface area contributed by atoms with Crippen molar-refractivity contribution in [2.75, 3.05) is 18.0 Å².